The molecule has 2 aromatic heterocycles. The van der Waals surface area contributed by atoms with Crippen LogP contribution < -0.4 is 19.9 Å². The van der Waals surface area contributed by atoms with Gasteiger partial charge in [-0.05, 0) is 36.4 Å². The van der Waals surface area contributed by atoms with E-state index in [1.807, 2.05) is 42.5 Å². The Morgan fingerprint density at radius 3 is 2.67 bits per heavy atom. The average Bonchev–Trinajstić information content (AvgIpc) is 3.52. The van der Waals surface area contributed by atoms with Crippen LogP contribution in [0, 0.1) is 0 Å². The highest BCUT2D eigenvalue weighted by atomic mass is 16.5. The lowest BCUT2D eigenvalue weighted by atomic mass is 10.2. The summed E-state index contributed by atoms with van der Waals surface area (Å²) >= 11 is 0. The second-order valence-corrected chi connectivity index (χ2v) is 8.60. The summed E-state index contributed by atoms with van der Waals surface area (Å²) in [6.45, 7) is 4.12. The fourth-order valence-corrected chi connectivity index (χ4v) is 4.34. The summed E-state index contributed by atoms with van der Waals surface area (Å²) in [7, 11) is 0. The summed E-state index contributed by atoms with van der Waals surface area (Å²) in [5, 5.41) is 10.4. The largest absolute Gasteiger partial charge is 0.457 e. The number of hydrogen-bond acceptors (Lipinski definition) is 8. The van der Waals surface area contributed by atoms with Crippen LogP contribution in [0.4, 0.5) is 17.6 Å². The van der Waals surface area contributed by atoms with Crippen LogP contribution in [-0.2, 0) is 17.8 Å². The maximum Gasteiger partial charge on any atom is 0.257 e. The van der Waals surface area contributed by atoms with Gasteiger partial charge < -0.3 is 24.6 Å². The zero-order chi connectivity index (χ0) is 24.3. The Bertz CT molecular complexity index is 1370. The molecule has 4 aromatic rings. The van der Waals surface area contributed by atoms with Crippen molar-refractivity contribution in [1.29, 1.82) is 0 Å². The molecule has 10 nitrogen and oxygen atoms in total. The Morgan fingerprint density at radius 2 is 1.81 bits per heavy atom. The molecular formula is C26H25N7O3. The number of nitrogens with zero attached hydrogens (tertiary/aromatic N) is 5. The van der Waals surface area contributed by atoms with E-state index >= 15 is 0 Å². The molecule has 10 heteroatoms. The van der Waals surface area contributed by atoms with Gasteiger partial charge in [0, 0.05) is 30.4 Å². The summed E-state index contributed by atoms with van der Waals surface area (Å²) in [5.41, 5.74) is 2.39. The van der Waals surface area contributed by atoms with Crippen LogP contribution in [0.1, 0.15) is 21.6 Å². The molecule has 182 valence electrons. The first-order chi connectivity index (χ1) is 17.7. The molecule has 0 spiro atoms. The highest BCUT2D eigenvalue weighted by Crippen LogP contribution is 2.31. The Morgan fingerprint density at radius 1 is 0.972 bits per heavy atom. The van der Waals surface area contributed by atoms with Crippen LogP contribution in [0.2, 0.25) is 0 Å². The summed E-state index contributed by atoms with van der Waals surface area (Å²) in [5.74, 6) is 3.11. The molecule has 2 N–H and O–H groups in total. The fourth-order valence-electron chi connectivity index (χ4n) is 4.34. The molecule has 36 heavy (non-hydrogen) atoms. The Balaban J connectivity index is 1.14. The molecule has 4 heterocycles. The first-order valence-corrected chi connectivity index (χ1v) is 11.8. The number of aromatic amines is 1. The molecule has 1 amide bonds. The summed E-state index contributed by atoms with van der Waals surface area (Å²) in [4.78, 5) is 26.5. The Labute approximate surface area is 207 Å². The average molecular weight is 484 g/mol. The van der Waals surface area contributed by atoms with E-state index in [0.29, 0.717) is 55.1 Å². The molecule has 1 saturated heterocycles. The number of carbonyl (C=O) groups is 1. The quantitative estimate of drug-likeness (QED) is 0.428. The maximum atomic E-state index is 13.0. The minimum absolute atomic E-state index is 0.252. The molecule has 2 aliphatic heterocycles. The lowest BCUT2D eigenvalue weighted by Crippen LogP contribution is -2.37. The van der Waals surface area contributed by atoms with Gasteiger partial charge in [-0.25, -0.2) is 4.98 Å². The fraction of sp³-hybridized carbons (Fsp3) is 0.231. The lowest BCUT2D eigenvalue weighted by Gasteiger charge is -2.27. The summed E-state index contributed by atoms with van der Waals surface area (Å²) in [6.07, 6.45) is 1.78. The van der Waals surface area contributed by atoms with Crippen molar-refractivity contribution < 1.29 is 14.3 Å². The van der Waals surface area contributed by atoms with E-state index in [-0.39, 0.29) is 5.91 Å². The number of nitrogens with one attached hydrogen (secondary N) is 2. The van der Waals surface area contributed by atoms with Crippen LogP contribution >= 0.6 is 0 Å². The standard InChI is InChI=1S/C26H25N7O3/c34-25(18-5-4-8-20(15-18)36-19-6-2-1-3-7-19)29-24-21-16-33(17-22(21)30-31-24)23-9-10-27-26(28-23)32-11-13-35-14-12-32/h1-10,15H,11-14,16-17H2,(H2,29,30,31,34). The molecule has 1 fully saturated rings. The topological polar surface area (TPSA) is 108 Å². The molecule has 2 aromatic carbocycles. The lowest BCUT2D eigenvalue weighted by molar-refractivity contribution is 0.102. The second kappa shape index (κ2) is 9.67. The Hall–Kier alpha value is -4.44. The first kappa shape index (κ1) is 22.1. The van der Waals surface area contributed by atoms with Crippen molar-refractivity contribution in [1.82, 2.24) is 20.2 Å². The van der Waals surface area contributed by atoms with Gasteiger partial charge in [-0.15, -0.1) is 0 Å². The molecule has 0 saturated carbocycles. The van der Waals surface area contributed by atoms with Crippen molar-refractivity contribution in [3.63, 3.8) is 0 Å². The highest BCUT2D eigenvalue weighted by Gasteiger charge is 2.27. The van der Waals surface area contributed by atoms with Crippen molar-refractivity contribution >= 4 is 23.5 Å². The number of carbonyl (C=O) groups excluding carboxylic acids is 1. The van der Waals surface area contributed by atoms with Gasteiger partial charge in [0.25, 0.3) is 5.91 Å². The van der Waals surface area contributed by atoms with Gasteiger partial charge in [0.15, 0.2) is 5.82 Å². The molecule has 6 rings (SSSR count). The third-order valence-electron chi connectivity index (χ3n) is 6.20. The SMILES string of the molecule is O=C(Nc1n[nH]c2c1CN(c1ccnc(N3CCOCC3)n1)C2)c1cccc(Oc2ccccc2)c1. The van der Waals surface area contributed by atoms with Crippen LogP contribution in [0.25, 0.3) is 0 Å². The third-order valence-corrected chi connectivity index (χ3v) is 6.20. The van der Waals surface area contributed by atoms with Crippen molar-refractivity contribution in [3.8, 4) is 11.5 Å². The number of fused-ring (bicyclic) bond motifs is 1. The molecule has 0 radical (unpaired) electrons. The number of anilines is 3. The number of ether oxygens (including phenoxy) is 2. The zero-order valence-electron chi connectivity index (χ0n) is 19.6. The van der Waals surface area contributed by atoms with Gasteiger partial charge in [0.05, 0.1) is 32.0 Å². The highest BCUT2D eigenvalue weighted by molar-refractivity contribution is 6.04. The normalized spacial score (nSPS) is 15.0. The number of aromatic nitrogens is 4. The predicted molar refractivity (Wildman–Crippen MR) is 134 cm³/mol. The number of benzene rings is 2. The van der Waals surface area contributed by atoms with E-state index in [4.69, 9.17) is 14.5 Å². The number of hydrogen-bond donors (Lipinski definition) is 2. The Kier molecular flexibility index (Phi) is 5.92. The third kappa shape index (κ3) is 4.58. The minimum Gasteiger partial charge on any atom is -0.457 e. The first-order valence-electron chi connectivity index (χ1n) is 11.8. The molecule has 0 aliphatic carbocycles. The zero-order valence-corrected chi connectivity index (χ0v) is 19.6. The molecular weight excluding hydrogens is 458 g/mol. The van der Waals surface area contributed by atoms with Gasteiger partial charge in [-0.3, -0.25) is 9.89 Å². The smallest absolute Gasteiger partial charge is 0.257 e. The van der Waals surface area contributed by atoms with Gasteiger partial charge in [-0.1, -0.05) is 24.3 Å². The number of rotatable bonds is 6. The number of H-pyrrole nitrogens is 1. The monoisotopic (exact) mass is 483 g/mol. The van der Waals surface area contributed by atoms with Crippen LogP contribution in [0.3, 0.4) is 0 Å². The van der Waals surface area contributed by atoms with Crippen molar-refractivity contribution in [2.45, 2.75) is 13.1 Å². The van der Waals surface area contributed by atoms with E-state index in [1.54, 1.807) is 24.4 Å². The van der Waals surface area contributed by atoms with Crippen molar-refractivity contribution in [2.75, 3.05) is 41.4 Å². The van der Waals surface area contributed by atoms with E-state index < -0.39 is 0 Å². The maximum absolute atomic E-state index is 13.0. The van der Waals surface area contributed by atoms with Crippen molar-refractivity contribution in [3.05, 3.63) is 83.7 Å². The van der Waals surface area contributed by atoms with E-state index in [1.165, 1.54) is 0 Å². The van der Waals surface area contributed by atoms with E-state index in [2.05, 4.69) is 30.3 Å². The van der Waals surface area contributed by atoms with Gasteiger partial charge >= 0.3 is 0 Å². The van der Waals surface area contributed by atoms with E-state index in [9.17, 15) is 4.79 Å². The number of morpholine rings is 1. The van der Waals surface area contributed by atoms with Crippen LogP contribution in [0.15, 0.2) is 66.9 Å². The molecule has 0 bridgehead atoms. The van der Waals surface area contributed by atoms with Crippen molar-refractivity contribution in [2.24, 2.45) is 0 Å². The van der Waals surface area contributed by atoms with E-state index in [0.717, 1.165) is 30.2 Å². The van der Waals surface area contributed by atoms with Gasteiger partial charge in [0.1, 0.15) is 17.3 Å². The molecule has 2 aliphatic rings. The minimum atomic E-state index is -0.252. The van der Waals surface area contributed by atoms with Crippen LogP contribution in [0.5, 0.6) is 11.5 Å². The van der Waals surface area contributed by atoms with Gasteiger partial charge in [-0.2, -0.15) is 10.1 Å². The van der Waals surface area contributed by atoms with Crippen LogP contribution in [-0.4, -0.2) is 52.4 Å². The molecule has 0 unspecified atom stereocenters. The second-order valence-electron chi connectivity index (χ2n) is 8.60. The number of para-hydroxylation sites is 1. The summed E-state index contributed by atoms with van der Waals surface area (Å²) in [6, 6.07) is 18.5. The number of amides is 1. The van der Waals surface area contributed by atoms with Gasteiger partial charge in [0.2, 0.25) is 5.95 Å². The predicted octanol–water partition coefficient (Wildman–Crippen LogP) is 3.60. The molecule has 0 atom stereocenters. The summed E-state index contributed by atoms with van der Waals surface area (Å²) < 4.78 is 11.3.